The van der Waals surface area contributed by atoms with E-state index in [1.807, 2.05) is 6.92 Å². The Morgan fingerprint density at radius 1 is 1.29 bits per heavy atom. The van der Waals surface area contributed by atoms with Crippen molar-refractivity contribution in [2.45, 2.75) is 46.5 Å². The second kappa shape index (κ2) is 5.38. The molecule has 1 aliphatic rings. The van der Waals surface area contributed by atoms with Crippen LogP contribution in [0.4, 0.5) is 0 Å². The summed E-state index contributed by atoms with van der Waals surface area (Å²) in [5, 5.41) is 0. The molecule has 14 heavy (non-hydrogen) atoms. The van der Waals surface area contributed by atoms with Crippen molar-refractivity contribution >= 4 is 5.97 Å². The van der Waals surface area contributed by atoms with E-state index in [1.165, 1.54) is 12.8 Å². The van der Waals surface area contributed by atoms with Gasteiger partial charge in [0.1, 0.15) is 0 Å². The largest absolute Gasteiger partial charge is 0.466 e. The molecule has 2 nitrogen and oxygen atoms in total. The molecule has 1 saturated carbocycles. The minimum Gasteiger partial charge on any atom is -0.466 e. The highest BCUT2D eigenvalue weighted by molar-refractivity contribution is 5.72. The third-order valence-electron chi connectivity index (χ3n) is 3.33. The van der Waals surface area contributed by atoms with Gasteiger partial charge in [-0.15, -0.1) is 0 Å². The van der Waals surface area contributed by atoms with Gasteiger partial charge in [0, 0.05) is 0 Å². The zero-order valence-electron chi connectivity index (χ0n) is 9.58. The highest BCUT2D eigenvalue weighted by Crippen LogP contribution is 2.33. The zero-order chi connectivity index (χ0) is 10.6. The lowest BCUT2D eigenvalue weighted by Crippen LogP contribution is -2.25. The first-order chi connectivity index (χ1) is 6.65. The first kappa shape index (κ1) is 11.5. The van der Waals surface area contributed by atoms with Crippen molar-refractivity contribution in [3.05, 3.63) is 0 Å². The van der Waals surface area contributed by atoms with E-state index in [9.17, 15) is 4.79 Å². The van der Waals surface area contributed by atoms with E-state index in [0.29, 0.717) is 6.61 Å². The normalized spacial score (nSPS) is 27.7. The van der Waals surface area contributed by atoms with Crippen molar-refractivity contribution in [2.75, 3.05) is 6.61 Å². The van der Waals surface area contributed by atoms with E-state index < -0.39 is 0 Å². The van der Waals surface area contributed by atoms with Crippen molar-refractivity contribution in [3.63, 3.8) is 0 Å². The molecule has 1 aliphatic carbocycles. The van der Waals surface area contributed by atoms with Gasteiger partial charge in [-0.1, -0.05) is 13.8 Å². The third-order valence-corrected chi connectivity index (χ3v) is 3.33. The van der Waals surface area contributed by atoms with Crippen LogP contribution in [-0.2, 0) is 9.53 Å². The van der Waals surface area contributed by atoms with Gasteiger partial charge in [-0.3, -0.25) is 4.79 Å². The second-order valence-electron chi connectivity index (χ2n) is 4.61. The van der Waals surface area contributed by atoms with Crippen molar-refractivity contribution in [3.8, 4) is 0 Å². The Hall–Kier alpha value is -0.530. The molecule has 0 amide bonds. The number of hydrogen-bond acceptors (Lipinski definition) is 2. The van der Waals surface area contributed by atoms with Gasteiger partial charge in [0.15, 0.2) is 0 Å². The van der Waals surface area contributed by atoms with Gasteiger partial charge in [-0.25, -0.2) is 0 Å². The van der Waals surface area contributed by atoms with Crippen LogP contribution >= 0.6 is 0 Å². The number of carbonyl (C=O) groups excluding carboxylic acids is 1. The molecule has 82 valence electrons. The Balaban J connectivity index is 2.31. The molecular weight excluding hydrogens is 176 g/mol. The summed E-state index contributed by atoms with van der Waals surface area (Å²) in [4.78, 5) is 11.5. The predicted octanol–water partition coefficient (Wildman–Crippen LogP) is 3.01. The van der Waals surface area contributed by atoms with Crippen LogP contribution in [0.25, 0.3) is 0 Å². The van der Waals surface area contributed by atoms with Gasteiger partial charge in [-0.2, -0.15) is 0 Å². The number of ether oxygens (including phenoxy) is 1. The Morgan fingerprint density at radius 3 is 2.29 bits per heavy atom. The van der Waals surface area contributed by atoms with Gasteiger partial charge < -0.3 is 4.74 Å². The summed E-state index contributed by atoms with van der Waals surface area (Å²) in [6, 6.07) is 0. The quantitative estimate of drug-likeness (QED) is 0.652. The van der Waals surface area contributed by atoms with Crippen LogP contribution in [-0.4, -0.2) is 12.6 Å². The molecule has 0 aromatic rings. The Labute approximate surface area is 87.0 Å². The molecule has 0 aromatic carbocycles. The maximum atomic E-state index is 11.5. The smallest absolute Gasteiger partial charge is 0.308 e. The summed E-state index contributed by atoms with van der Waals surface area (Å²) in [7, 11) is 0. The van der Waals surface area contributed by atoms with Crippen molar-refractivity contribution in [1.82, 2.24) is 0 Å². The van der Waals surface area contributed by atoms with Gasteiger partial charge in [0.05, 0.1) is 12.5 Å². The fourth-order valence-corrected chi connectivity index (χ4v) is 2.28. The van der Waals surface area contributed by atoms with E-state index in [-0.39, 0.29) is 11.9 Å². The molecule has 0 atom stereocenters. The lowest BCUT2D eigenvalue weighted by atomic mass is 9.77. The Kier molecular flexibility index (Phi) is 4.43. The fraction of sp³-hybridized carbons (Fsp3) is 0.917. The summed E-state index contributed by atoms with van der Waals surface area (Å²) < 4.78 is 5.04. The van der Waals surface area contributed by atoms with Crippen LogP contribution < -0.4 is 0 Å². The van der Waals surface area contributed by atoms with Crippen LogP contribution in [0, 0.1) is 17.8 Å². The minimum atomic E-state index is 0.0229. The van der Waals surface area contributed by atoms with E-state index in [0.717, 1.165) is 24.7 Å². The van der Waals surface area contributed by atoms with Gasteiger partial charge >= 0.3 is 5.97 Å². The van der Waals surface area contributed by atoms with E-state index in [1.54, 1.807) is 0 Å². The summed E-state index contributed by atoms with van der Waals surface area (Å²) in [6.07, 6.45) is 4.45. The Bertz CT molecular complexity index is 179. The van der Waals surface area contributed by atoms with Gasteiger partial charge in [0.25, 0.3) is 0 Å². The highest BCUT2D eigenvalue weighted by atomic mass is 16.5. The maximum Gasteiger partial charge on any atom is 0.308 e. The molecule has 0 aromatic heterocycles. The molecule has 0 aliphatic heterocycles. The van der Waals surface area contributed by atoms with Crippen molar-refractivity contribution < 1.29 is 9.53 Å². The summed E-state index contributed by atoms with van der Waals surface area (Å²) in [6.45, 7) is 6.94. The van der Waals surface area contributed by atoms with Crippen LogP contribution in [0.15, 0.2) is 0 Å². The predicted molar refractivity (Wildman–Crippen MR) is 56.9 cm³/mol. The van der Waals surface area contributed by atoms with E-state index >= 15 is 0 Å². The van der Waals surface area contributed by atoms with Crippen LogP contribution in [0.3, 0.4) is 0 Å². The molecule has 0 bridgehead atoms. The number of hydrogen-bond donors (Lipinski definition) is 0. The molecule has 0 heterocycles. The average Bonchev–Trinajstić information content (AvgIpc) is 2.18. The molecule has 1 rings (SSSR count). The van der Waals surface area contributed by atoms with Crippen LogP contribution in [0.5, 0.6) is 0 Å². The lowest BCUT2D eigenvalue weighted by molar-refractivity contribution is -0.149. The fourth-order valence-electron chi connectivity index (χ4n) is 2.28. The van der Waals surface area contributed by atoms with Gasteiger partial charge in [-0.05, 0) is 44.4 Å². The second-order valence-corrected chi connectivity index (χ2v) is 4.61. The standard InChI is InChI=1S/C12H22O2/c1-4-14-12(13)11-7-5-10(6-8-11)9(2)3/h9-11H,4-8H2,1-3H3. The molecule has 0 N–H and O–H groups in total. The lowest BCUT2D eigenvalue weighted by Gasteiger charge is -2.29. The van der Waals surface area contributed by atoms with Crippen molar-refractivity contribution in [2.24, 2.45) is 17.8 Å². The SMILES string of the molecule is CCOC(=O)C1CCC(C(C)C)CC1. The van der Waals surface area contributed by atoms with Crippen LogP contribution in [0.1, 0.15) is 46.5 Å². The minimum absolute atomic E-state index is 0.0229. The maximum absolute atomic E-state index is 11.5. The topological polar surface area (TPSA) is 26.3 Å². The highest BCUT2D eigenvalue weighted by Gasteiger charge is 2.28. The number of carbonyl (C=O) groups is 1. The zero-order valence-corrected chi connectivity index (χ0v) is 9.58. The van der Waals surface area contributed by atoms with Crippen molar-refractivity contribution in [1.29, 1.82) is 0 Å². The first-order valence-corrected chi connectivity index (χ1v) is 5.81. The third kappa shape index (κ3) is 3.00. The number of esters is 1. The molecule has 0 spiro atoms. The number of rotatable bonds is 3. The molecule has 0 radical (unpaired) electrons. The Morgan fingerprint density at radius 2 is 1.86 bits per heavy atom. The molecule has 0 unspecified atom stereocenters. The van der Waals surface area contributed by atoms with E-state index in [4.69, 9.17) is 4.74 Å². The molecule has 1 fully saturated rings. The molecular formula is C12H22O2. The molecule has 0 saturated heterocycles. The van der Waals surface area contributed by atoms with Gasteiger partial charge in [0.2, 0.25) is 0 Å². The molecule has 2 heteroatoms. The monoisotopic (exact) mass is 198 g/mol. The first-order valence-electron chi connectivity index (χ1n) is 5.81. The summed E-state index contributed by atoms with van der Waals surface area (Å²) >= 11 is 0. The average molecular weight is 198 g/mol. The summed E-state index contributed by atoms with van der Waals surface area (Å²) in [5.41, 5.74) is 0. The summed E-state index contributed by atoms with van der Waals surface area (Å²) in [5.74, 6) is 1.79. The van der Waals surface area contributed by atoms with E-state index in [2.05, 4.69) is 13.8 Å². The van der Waals surface area contributed by atoms with Crippen LogP contribution in [0.2, 0.25) is 0 Å².